The Morgan fingerprint density at radius 3 is 2.56 bits per heavy atom. The highest BCUT2D eigenvalue weighted by atomic mass is 19.3. The maximum absolute atomic E-state index is 12.0. The zero-order chi connectivity index (χ0) is 11.4. The molecule has 0 amide bonds. The minimum Gasteiger partial charge on any atom is -0.433 e. The SMILES string of the molecule is FC(F)Oc1cncc(-c2cccnc2)c1. The lowest BCUT2D eigenvalue weighted by molar-refractivity contribution is -0.0500. The number of hydrogen-bond donors (Lipinski definition) is 0. The van der Waals surface area contributed by atoms with E-state index in [4.69, 9.17) is 0 Å². The summed E-state index contributed by atoms with van der Waals surface area (Å²) in [5.41, 5.74) is 1.49. The smallest absolute Gasteiger partial charge is 0.387 e. The summed E-state index contributed by atoms with van der Waals surface area (Å²) >= 11 is 0. The molecule has 3 nitrogen and oxygen atoms in total. The summed E-state index contributed by atoms with van der Waals surface area (Å²) < 4.78 is 28.2. The molecule has 16 heavy (non-hydrogen) atoms. The first-order valence-electron chi connectivity index (χ1n) is 4.56. The maximum atomic E-state index is 12.0. The third-order valence-electron chi connectivity index (χ3n) is 1.93. The summed E-state index contributed by atoms with van der Waals surface area (Å²) in [7, 11) is 0. The lowest BCUT2D eigenvalue weighted by Gasteiger charge is -2.05. The lowest BCUT2D eigenvalue weighted by atomic mass is 10.1. The van der Waals surface area contributed by atoms with Crippen LogP contribution in [0.15, 0.2) is 43.0 Å². The van der Waals surface area contributed by atoms with Crippen LogP contribution in [0.4, 0.5) is 8.78 Å². The number of alkyl halides is 2. The highest BCUT2D eigenvalue weighted by Gasteiger charge is 2.06. The van der Waals surface area contributed by atoms with E-state index in [0.717, 1.165) is 5.56 Å². The number of hydrogen-bond acceptors (Lipinski definition) is 3. The van der Waals surface area contributed by atoms with E-state index in [-0.39, 0.29) is 5.75 Å². The third kappa shape index (κ3) is 2.50. The topological polar surface area (TPSA) is 35.0 Å². The monoisotopic (exact) mass is 222 g/mol. The van der Waals surface area contributed by atoms with Crippen molar-refractivity contribution in [1.82, 2.24) is 9.97 Å². The molecule has 2 aromatic heterocycles. The molecule has 2 heterocycles. The molecule has 5 heteroatoms. The van der Waals surface area contributed by atoms with Crippen molar-refractivity contribution in [2.45, 2.75) is 6.61 Å². The van der Waals surface area contributed by atoms with Crippen LogP contribution in [0.5, 0.6) is 5.75 Å². The molecule has 2 rings (SSSR count). The van der Waals surface area contributed by atoms with Gasteiger partial charge in [-0.2, -0.15) is 8.78 Å². The van der Waals surface area contributed by atoms with Crippen molar-refractivity contribution in [2.24, 2.45) is 0 Å². The molecule has 0 aliphatic rings. The summed E-state index contributed by atoms with van der Waals surface area (Å²) in [4.78, 5) is 7.76. The predicted molar refractivity (Wildman–Crippen MR) is 54.1 cm³/mol. The van der Waals surface area contributed by atoms with Crippen LogP contribution in [0.25, 0.3) is 11.1 Å². The molecule has 0 aromatic carbocycles. The van der Waals surface area contributed by atoms with Crippen LogP contribution < -0.4 is 4.74 Å². The van der Waals surface area contributed by atoms with Gasteiger partial charge in [-0.25, -0.2) is 0 Å². The van der Waals surface area contributed by atoms with Gasteiger partial charge in [0.15, 0.2) is 0 Å². The van der Waals surface area contributed by atoms with Gasteiger partial charge in [0.25, 0.3) is 0 Å². The van der Waals surface area contributed by atoms with Crippen molar-refractivity contribution < 1.29 is 13.5 Å². The summed E-state index contributed by atoms with van der Waals surface area (Å²) in [5.74, 6) is 0.0383. The Labute approximate surface area is 90.7 Å². The van der Waals surface area contributed by atoms with Crippen LogP contribution in [-0.4, -0.2) is 16.6 Å². The molecule has 0 N–H and O–H groups in total. The van der Waals surface area contributed by atoms with Gasteiger partial charge < -0.3 is 4.74 Å². The van der Waals surface area contributed by atoms with Crippen molar-refractivity contribution >= 4 is 0 Å². The van der Waals surface area contributed by atoms with E-state index >= 15 is 0 Å². The van der Waals surface area contributed by atoms with Crippen molar-refractivity contribution in [3.63, 3.8) is 0 Å². The molecular weight excluding hydrogens is 214 g/mol. The molecule has 0 aliphatic carbocycles. The van der Waals surface area contributed by atoms with E-state index in [1.165, 1.54) is 12.3 Å². The van der Waals surface area contributed by atoms with Crippen molar-refractivity contribution in [2.75, 3.05) is 0 Å². The second kappa shape index (κ2) is 4.65. The Morgan fingerprint density at radius 2 is 1.88 bits per heavy atom. The first-order chi connectivity index (χ1) is 7.75. The van der Waals surface area contributed by atoms with Gasteiger partial charge in [0.05, 0.1) is 6.20 Å². The summed E-state index contributed by atoms with van der Waals surface area (Å²) in [6.07, 6.45) is 6.07. The fourth-order valence-electron chi connectivity index (χ4n) is 1.28. The fraction of sp³-hybridized carbons (Fsp3) is 0.0909. The molecule has 0 bridgehead atoms. The minimum atomic E-state index is -2.84. The van der Waals surface area contributed by atoms with Crippen LogP contribution in [0.1, 0.15) is 0 Å². The average Bonchev–Trinajstić information content (AvgIpc) is 2.30. The largest absolute Gasteiger partial charge is 0.433 e. The van der Waals surface area contributed by atoms with Crippen molar-refractivity contribution in [3.8, 4) is 16.9 Å². The number of nitrogens with zero attached hydrogens (tertiary/aromatic N) is 2. The van der Waals surface area contributed by atoms with Gasteiger partial charge >= 0.3 is 6.61 Å². The first kappa shape index (κ1) is 10.5. The molecule has 0 saturated carbocycles. The van der Waals surface area contributed by atoms with Gasteiger partial charge in [-0.3, -0.25) is 9.97 Å². The Balaban J connectivity index is 2.29. The Bertz CT molecular complexity index is 463. The molecule has 0 saturated heterocycles. The number of halogens is 2. The van der Waals surface area contributed by atoms with Gasteiger partial charge in [0, 0.05) is 29.7 Å². The average molecular weight is 222 g/mol. The van der Waals surface area contributed by atoms with Crippen LogP contribution in [0, 0.1) is 0 Å². The standard InChI is InChI=1S/C11H8F2N2O/c12-11(13)16-10-4-9(6-15-7-10)8-2-1-3-14-5-8/h1-7,11H. The normalized spacial score (nSPS) is 10.4. The summed E-state index contributed by atoms with van der Waals surface area (Å²) in [5, 5.41) is 0. The van der Waals surface area contributed by atoms with E-state index in [1.807, 2.05) is 6.07 Å². The summed E-state index contributed by atoms with van der Waals surface area (Å²) in [6, 6.07) is 5.07. The van der Waals surface area contributed by atoms with Crippen LogP contribution in [0.3, 0.4) is 0 Å². The highest BCUT2D eigenvalue weighted by molar-refractivity contribution is 5.62. The zero-order valence-corrected chi connectivity index (χ0v) is 8.18. The zero-order valence-electron chi connectivity index (χ0n) is 8.18. The van der Waals surface area contributed by atoms with Gasteiger partial charge in [-0.05, 0) is 12.1 Å². The second-order valence-electron chi connectivity index (χ2n) is 3.03. The van der Waals surface area contributed by atoms with Crippen LogP contribution in [-0.2, 0) is 0 Å². The molecule has 82 valence electrons. The summed E-state index contributed by atoms with van der Waals surface area (Å²) in [6.45, 7) is -2.84. The van der Waals surface area contributed by atoms with Crippen LogP contribution in [0.2, 0.25) is 0 Å². The first-order valence-corrected chi connectivity index (χ1v) is 4.56. The number of pyridine rings is 2. The quantitative estimate of drug-likeness (QED) is 0.800. The third-order valence-corrected chi connectivity index (χ3v) is 1.93. The molecular formula is C11H8F2N2O. The second-order valence-corrected chi connectivity index (χ2v) is 3.03. The van der Waals surface area contributed by atoms with Gasteiger partial charge in [-0.15, -0.1) is 0 Å². The number of rotatable bonds is 3. The molecule has 0 aliphatic heterocycles. The molecule has 0 fully saturated rings. The number of aromatic nitrogens is 2. The minimum absolute atomic E-state index is 0.0383. The fourth-order valence-corrected chi connectivity index (χ4v) is 1.28. The van der Waals surface area contributed by atoms with Gasteiger partial charge in [0.1, 0.15) is 5.75 Å². The van der Waals surface area contributed by atoms with Gasteiger partial charge in [0.2, 0.25) is 0 Å². The van der Waals surface area contributed by atoms with Crippen molar-refractivity contribution in [3.05, 3.63) is 43.0 Å². The maximum Gasteiger partial charge on any atom is 0.387 e. The Kier molecular flexibility index (Phi) is 3.05. The molecule has 0 unspecified atom stereocenters. The van der Waals surface area contributed by atoms with E-state index in [2.05, 4.69) is 14.7 Å². The predicted octanol–water partition coefficient (Wildman–Crippen LogP) is 2.75. The lowest BCUT2D eigenvalue weighted by Crippen LogP contribution is -2.02. The highest BCUT2D eigenvalue weighted by Crippen LogP contribution is 2.22. The molecule has 0 radical (unpaired) electrons. The van der Waals surface area contributed by atoms with E-state index in [0.29, 0.717) is 5.56 Å². The van der Waals surface area contributed by atoms with E-state index < -0.39 is 6.61 Å². The molecule has 0 atom stereocenters. The van der Waals surface area contributed by atoms with Crippen molar-refractivity contribution in [1.29, 1.82) is 0 Å². The Morgan fingerprint density at radius 1 is 1.06 bits per heavy atom. The van der Waals surface area contributed by atoms with Gasteiger partial charge in [-0.1, -0.05) is 6.07 Å². The van der Waals surface area contributed by atoms with Crippen LogP contribution >= 0.6 is 0 Å². The number of ether oxygens (including phenoxy) is 1. The molecule has 0 spiro atoms. The molecule has 2 aromatic rings. The van der Waals surface area contributed by atoms with E-state index in [1.54, 1.807) is 24.7 Å². The Hall–Kier alpha value is -2.04. The van der Waals surface area contributed by atoms with E-state index in [9.17, 15) is 8.78 Å².